The Bertz CT molecular complexity index is 586. The van der Waals surface area contributed by atoms with E-state index in [4.69, 9.17) is 11.6 Å². The zero-order valence-electron chi connectivity index (χ0n) is 14.5. The predicted molar refractivity (Wildman–Crippen MR) is 96.5 cm³/mol. The number of quaternary nitrogens is 1. The minimum absolute atomic E-state index is 0.0485. The maximum Gasteiger partial charge on any atom is 0.278 e. The average molecular weight is 353 g/mol. The number of likely N-dealkylation sites (tertiary alicyclic amines) is 1. The number of carbonyl (C=O) groups is 2. The quantitative estimate of drug-likeness (QED) is 0.815. The fourth-order valence-electron chi connectivity index (χ4n) is 3.02. The van der Waals surface area contributed by atoms with Crippen molar-refractivity contribution in [2.24, 2.45) is 0 Å². The Morgan fingerprint density at radius 1 is 1.25 bits per heavy atom. The van der Waals surface area contributed by atoms with Gasteiger partial charge < -0.3 is 15.1 Å². The van der Waals surface area contributed by atoms with Crippen LogP contribution < -0.4 is 10.2 Å². The Morgan fingerprint density at radius 2 is 1.96 bits per heavy atom. The van der Waals surface area contributed by atoms with Crippen molar-refractivity contribution in [2.75, 3.05) is 38.0 Å². The van der Waals surface area contributed by atoms with Crippen LogP contribution in [0.15, 0.2) is 18.2 Å². The number of anilines is 1. The summed E-state index contributed by atoms with van der Waals surface area (Å²) in [7, 11) is 0. The van der Waals surface area contributed by atoms with E-state index in [1.165, 1.54) is 24.2 Å². The molecule has 0 aromatic heterocycles. The Hall–Kier alpha value is -1.59. The van der Waals surface area contributed by atoms with E-state index >= 15 is 0 Å². The summed E-state index contributed by atoms with van der Waals surface area (Å²) in [5.41, 5.74) is 1.64. The maximum atomic E-state index is 12.5. The third kappa shape index (κ3) is 5.49. The fraction of sp³-hybridized carbons (Fsp3) is 0.556. The molecule has 1 aromatic carbocycles. The van der Waals surface area contributed by atoms with Crippen LogP contribution in [-0.2, 0) is 9.59 Å². The molecule has 0 saturated carbocycles. The molecule has 0 bridgehead atoms. The Kier molecular flexibility index (Phi) is 7.06. The second-order valence-electron chi connectivity index (χ2n) is 6.40. The molecule has 0 radical (unpaired) electrons. The first-order valence-electron chi connectivity index (χ1n) is 8.67. The lowest BCUT2D eigenvalue weighted by Gasteiger charge is -2.26. The summed E-state index contributed by atoms with van der Waals surface area (Å²) in [6.07, 6.45) is 3.63. The monoisotopic (exact) mass is 352 g/mol. The number of benzene rings is 1. The van der Waals surface area contributed by atoms with E-state index in [2.05, 4.69) is 5.32 Å². The number of nitrogens with one attached hydrogen (secondary N) is 2. The molecule has 1 fully saturated rings. The van der Waals surface area contributed by atoms with Gasteiger partial charge in [0.1, 0.15) is 6.54 Å². The van der Waals surface area contributed by atoms with E-state index in [0.29, 0.717) is 23.8 Å². The van der Waals surface area contributed by atoms with E-state index in [1.54, 1.807) is 17.0 Å². The highest BCUT2D eigenvalue weighted by molar-refractivity contribution is 6.31. The van der Waals surface area contributed by atoms with Crippen molar-refractivity contribution in [1.82, 2.24) is 4.90 Å². The van der Waals surface area contributed by atoms with E-state index in [9.17, 15) is 9.59 Å². The van der Waals surface area contributed by atoms with Crippen molar-refractivity contribution in [3.05, 3.63) is 28.8 Å². The largest absolute Gasteiger partial charge is 0.329 e. The van der Waals surface area contributed by atoms with Gasteiger partial charge in [-0.1, -0.05) is 17.7 Å². The zero-order valence-corrected chi connectivity index (χ0v) is 15.3. The number of halogens is 1. The molecule has 24 heavy (non-hydrogen) atoms. The molecule has 132 valence electrons. The number of aryl methyl sites for hydroxylation is 1. The van der Waals surface area contributed by atoms with Crippen molar-refractivity contribution in [1.29, 1.82) is 0 Å². The molecule has 2 amide bonds. The van der Waals surface area contributed by atoms with Crippen molar-refractivity contribution in [3.63, 3.8) is 0 Å². The third-order valence-electron chi connectivity index (χ3n) is 4.50. The van der Waals surface area contributed by atoms with E-state index < -0.39 is 0 Å². The van der Waals surface area contributed by atoms with Gasteiger partial charge in [0.2, 0.25) is 5.91 Å². The molecule has 1 aliphatic rings. The summed E-state index contributed by atoms with van der Waals surface area (Å²) in [5, 5.41) is 3.43. The lowest BCUT2D eigenvalue weighted by atomic mass is 10.1. The summed E-state index contributed by atoms with van der Waals surface area (Å²) in [6, 6.07) is 5.38. The van der Waals surface area contributed by atoms with Crippen molar-refractivity contribution >= 4 is 29.1 Å². The summed E-state index contributed by atoms with van der Waals surface area (Å²) in [4.78, 5) is 27.7. The van der Waals surface area contributed by atoms with Gasteiger partial charge in [-0.2, -0.15) is 0 Å². The van der Waals surface area contributed by atoms with Crippen LogP contribution in [0.5, 0.6) is 0 Å². The first-order valence-corrected chi connectivity index (χ1v) is 9.04. The number of hydrogen-bond acceptors (Lipinski definition) is 2. The van der Waals surface area contributed by atoms with E-state index in [-0.39, 0.29) is 18.4 Å². The van der Waals surface area contributed by atoms with Gasteiger partial charge in [0, 0.05) is 17.3 Å². The zero-order chi connectivity index (χ0) is 17.5. The van der Waals surface area contributed by atoms with Crippen molar-refractivity contribution < 1.29 is 14.5 Å². The number of hydrogen-bond donors (Lipinski definition) is 2. The van der Waals surface area contributed by atoms with Crippen LogP contribution in [0.4, 0.5) is 5.69 Å². The molecular weight excluding hydrogens is 326 g/mol. The van der Waals surface area contributed by atoms with Gasteiger partial charge in [-0.05, 0) is 50.8 Å². The van der Waals surface area contributed by atoms with Gasteiger partial charge >= 0.3 is 0 Å². The molecular formula is C18H27ClN3O2+. The highest BCUT2D eigenvalue weighted by Gasteiger charge is 2.22. The minimum atomic E-state index is -0.191. The normalized spacial score (nSPS) is 15.1. The molecule has 5 nitrogen and oxygen atoms in total. The van der Waals surface area contributed by atoms with Crippen LogP contribution in [0, 0.1) is 6.92 Å². The maximum absolute atomic E-state index is 12.5. The predicted octanol–water partition coefficient (Wildman–Crippen LogP) is 1.50. The van der Waals surface area contributed by atoms with Gasteiger partial charge in [-0.15, -0.1) is 0 Å². The third-order valence-corrected chi connectivity index (χ3v) is 4.74. The smallest absolute Gasteiger partial charge is 0.278 e. The minimum Gasteiger partial charge on any atom is -0.329 e. The van der Waals surface area contributed by atoms with Crippen LogP contribution in [0.25, 0.3) is 0 Å². The number of likely N-dealkylation sites (N-methyl/N-ethyl adjacent to an activating group) is 1. The van der Waals surface area contributed by atoms with Gasteiger partial charge in [0.25, 0.3) is 5.91 Å². The van der Waals surface area contributed by atoms with Gasteiger partial charge in [0.05, 0.1) is 13.1 Å². The van der Waals surface area contributed by atoms with E-state index in [1.807, 2.05) is 19.9 Å². The van der Waals surface area contributed by atoms with Crippen LogP contribution >= 0.6 is 11.6 Å². The molecule has 0 aliphatic carbocycles. The lowest BCUT2D eigenvalue weighted by Crippen LogP contribution is -3.13. The summed E-state index contributed by atoms with van der Waals surface area (Å²) >= 11 is 5.97. The van der Waals surface area contributed by atoms with Gasteiger partial charge in [0.15, 0.2) is 6.54 Å². The Morgan fingerprint density at radius 3 is 2.62 bits per heavy atom. The summed E-state index contributed by atoms with van der Waals surface area (Å²) < 4.78 is 0. The Labute approximate surface area is 149 Å². The molecule has 0 unspecified atom stereocenters. The van der Waals surface area contributed by atoms with Crippen LogP contribution in [0.2, 0.25) is 5.02 Å². The molecule has 1 aliphatic heterocycles. The van der Waals surface area contributed by atoms with Crippen LogP contribution in [-0.4, -0.2) is 49.4 Å². The molecule has 0 atom stereocenters. The van der Waals surface area contributed by atoms with Crippen molar-refractivity contribution in [3.8, 4) is 0 Å². The molecule has 2 N–H and O–H groups in total. The summed E-state index contributed by atoms with van der Waals surface area (Å²) in [5.74, 6) is -0.142. The molecule has 6 heteroatoms. The topological polar surface area (TPSA) is 53.9 Å². The second-order valence-corrected chi connectivity index (χ2v) is 6.84. The summed E-state index contributed by atoms with van der Waals surface area (Å²) in [6.45, 7) is 7.02. The number of piperidine rings is 1. The first kappa shape index (κ1) is 18.7. The molecule has 1 aromatic rings. The van der Waals surface area contributed by atoms with Crippen molar-refractivity contribution in [2.45, 2.75) is 33.1 Å². The SMILES string of the molecule is CCN(CC(=O)Nc1cc(Cl)ccc1C)C(=O)C[NH+]1CCCCC1. The molecule has 0 spiro atoms. The standard InChI is InChI=1S/C18H26ClN3O2/c1-3-22(18(24)13-21-9-5-4-6-10-21)12-17(23)20-16-11-15(19)8-7-14(16)2/h7-8,11H,3-6,9-10,12-13H2,1-2H3,(H,20,23)/p+1. The molecule has 1 heterocycles. The van der Waals surface area contributed by atoms with E-state index in [0.717, 1.165) is 18.7 Å². The van der Waals surface area contributed by atoms with Crippen LogP contribution in [0.1, 0.15) is 31.7 Å². The number of carbonyl (C=O) groups excluding carboxylic acids is 2. The van der Waals surface area contributed by atoms with Gasteiger partial charge in [-0.25, -0.2) is 0 Å². The lowest BCUT2D eigenvalue weighted by molar-refractivity contribution is -0.897. The highest BCUT2D eigenvalue weighted by atomic mass is 35.5. The number of amides is 2. The molecule has 1 saturated heterocycles. The highest BCUT2D eigenvalue weighted by Crippen LogP contribution is 2.20. The Balaban J connectivity index is 1.89. The second kappa shape index (κ2) is 9.04. The van der Waals surface area contributed by atoms with Crippen LogP contribution in [0.3, 0.4) is 0 Å². The van der Waals surface area contributed by atoms with Gasteiger partial charge in [-0.3, -0.25) is 9.59 Å². The fourth-order valence-corrected chi connectivity index (χ4v) is 3.19. The molecule has 2 rings (SSSR count). The average Bonchev–Trinajstić information content (AvgIpc) is 2.56. The number of rotatable bonds is 6. The number of nitrogens with zero attached hydrogens (tertiary/aromatic N) is 1. The first-order chi connectivity index (χ1) is 11.5.